The van der Waals surface area contributed by atoms with Gasteiger partial charge < -0.3 is 0 Å². The van der Waals surface area contributed by atoms with Gasteiger partial charge in [0, 0.05) is 12.4 Å². The minimum Gasteiger partial charge on any atom is -0.273 e. The van der Waals surface area contributed by atoms with Crippen LogP contribution in [0.5, 0.6) is 0 Å². The zero-order chi connectivity index (χ0) is 14.6. The van der Waals surface area contributed by atoms with Gasteiger partial charge in [0.1, 0.15) is 5.82 Å². The van der Waals surface area contributed by atoms with E-state index in [9.17, 15) is 17.6 Å². The third-order valence-electron chi connectivity index (χ3n) is 2.35. The Kier molecular flexibility index (Phi) is 4.06. The van der Waals surface area contributed by atoms with Crippen molar-refractivity contribution < 1.29 is 17.6 Å². The molecule has 1 amide bonds. The average Bonchev–Trinajstić information content (AvgIpc) is 2.46. The molecule has 0 spiro atoms. The van der Waals surface area contributed by atoms with E-state index >= 15 is 0 Å². The number of hydrogen-bond donors (Lipinski definition) is 2. The highest BCUT2D eigenvalue weighted by atomic mass is 32.2. The van der Waals surface area contributed by atoms with Crippen molar-refractivity contribution in [2.45, 2.75) is 4.90 Å². The number of benzene rings is 1. The van der Waals surface area contributed by atoms with Crippen molar-refractivity contribution in [3.8, 4) is 0 Å². The highest BCUT2D eigenvalue weighted by Crippen LogP contribution is 2.08. The minimum atomic E-state index is -3.95. The van der Waals surface area contributed by atoms with Crippen LogP contribution in [0.15, 0.2) is 53.7 Å². The van der Waals surface area contributed by atoms with Gasteiger partial charge in [-0.05, 0) is 36.4 Å². The Balaban J connectivity index is 2.06. The Morgan fingerprint density at radius 1 is 1.15 bits per heavy atom. The lowest BCUT2D eigenvalue weighted by Crippen LogP contribution is -2.41. The SMILES string of the molecule is O=C(NNS(=O)(=O)c1ccc(F)cc1)c1cccnc1. The zero-order valence-electron chi connectivity index (χ0n) is 10.1. The maximum absolute atomic E-state index is 12.7. The topological polar surface area (TPSA) is 88.2 Å². The molecule has 1 heterocycles. The van der Waals surface area contributed by atoms with Crippen molar-refractivity contribution in [1.29, 1.82) is 0 Å². The molecule has 2 rings (SSSR count). The van der Waals surface area contributed by atoms with Crippen LogP contribution in [0, 0.1) is 5.82 Å². The molecule has 104 valence electrons. The summed E-state index contributed by atoms with van der Waals surface area (Å²) < 4.78 is 36.3. The van der Waals surface area contributed by atoms with Gasteiger partial charge in [-0.3, -0.25) is 15.2 Å². The number of halogens is 1. The number of hydrazine groups is 1. The molecule has 0 aliphatic rings. The summed E-state index contributed by atoms with van der Waals surface area (Å²) >= 11 is 0. The summed E-state index contributed by atoms with van der Waals surface area (Å²) in [5, 5.41) is 0. The van der Waals surface area contributed by atoms with Crippen molar-refractivity contribution in [3.63, 3.8) is 0 Å². The van der Waals surface area contributed by atoms with E-state index in [-0.39, 0.29) is 10.5 Å². The fourth-order valence-corrected chi connectivity index (χ4v) is 2.19. The first-order chi connectivity index (χ1) is 9.49. The second kappa shape index (κ2) is 5.76. The first-order valence-corrected chi connectivity index (χ1v) is 6.95. The number of sulfonamides is 1. The summed E-state index contributed by atoms with van der Waals surface area (Å²) in [6, 6.07) is 7.23. The number of hydrogen-bond acceptors (Lipinski definition) is 4. The van der Waals surface area contributed by atoms with E-state index in [4.69, 9.17) is 0 Å². The van der Waals surface area contributed by atoms with Crippen molar-refractivity contribution in [2.75, 3.05) is 0 Å². The largest absolute Gasteiger partial charge is 0.273 e. The number of nitrogens with one attached hydrogen (secondary N) is 2. The number of nitrogens with zero attached hydrogens (tertiary/aromatic N) is 1. The van der Waals surface area contributed by atoms with Crippen LogP contribution in [0.25, 0.3) is 0 Å². The lowest BCUT2D eigenvalue weighted by molar-refractivity contribution is 0.0944. The molecule has 2 aromatic rings. The van der Waals surface area contributed by atoms with Gasteiger partial charge in [0.25, 0.3) is 15.9 Å². The maximum atomic E-state index is 12.7. The van der Waals surface area contributed by atoms with E-state index in [2.05, 4.69) is 4.98 Å². The summed E-state index contributed by atoms with van der Waals surface area (Å²) in [5.74, 6) is -1.20. The number of amides is 1. The summed E-state index contributed by atoms with van der Waals surface area (Å²) in [7, 11) is -3.95. The summed E-state index contributed by atoms with van der Waals surface area (Å²) in [6.07, 6.45) is 2.78. The fourth-order valence-electron chi connectivity index (χ4n) is 1.36. The van der Waals surface area contributed by atoms with E-state index in [0.29, 0.717) is 0 Å². The third-order valence-corrected chi connectivity index (χ3v) is 3.61. The van der Waals surface area contributed by atoms with Crippen LogP contribution in [-0.4, -0.2) is 19.3 Å². The van der Waals surface area contributed by atoms with Crippen molar-refractivity contribution >= 4 is 15.9 Å². The van der Waals surface area contributed by atoms with Crippen molar-refractivity contribution in [1.82, 2.24) is 15.2 Å². The molecule has 8 heteroatoms. The van der Waals surface area contributed by atoms with Crippen LogP contribution in [0.4, 0.5) is 4.39 Å². The molecule has 1 aromatic carbocycles. The molecule has 2 N–H and O–H groups in total. The van der Waals surface area contributed by atoms with Crippen LogP contribution in [0.1, 0.15) is 10.4 Å². The molecule has 0 aliphatic carbocycles. The van der Waals surface area contributed by atoms with Crippen LogP contribution < -0.4 is 10.3 Å². The number of carbonyl (C=O) groups excluding carboxylic acids is 1. The number of pyridine rings is 1. The summed E-state index contributed by atoms with van der Waals surface area (Å²) in [5.41, 5.74) is 2.24. The van der Waals surface area contributed by atoms with Gasteiger partial charge >= 0.3 is 0 Å². The molecule has 0 bridgehead atoms. The van der Waals surface area contributed by atoms with Gasteiger partial charge in [-0.15, -0.1) is 4.83 Å². The number of rotatable bonds is 4. The minimum absolute atomic E-state index is 0.162. The molecule has 6 nitrogen and oxygen atoms in total. The quantitative estimate of drug-likeness (QED) is 0.818. The highest BCUT2D eigenvalue weighted by Gasteiger charge is 2.15. The molecule has 0 radical (unpaired) electrons. The lowest BCUT2D eigenvalue weighted by atomic mass is 10.3. The van der Waals surface area contributed by atoms with Gasteiger partial charge in [-0.1, -0.05) is 0 Å². The van der Waals surface area contributed by atoms with Crippen LogP contribution in [0.3, 0.4) is 0 Å². The molecule has 1 aromatic heterocycles. The summed E-state index contributed by atoms with van der Waals surface area (Å²) in [6.45, 7) is 0. The Bertz CT molecular complexity index is 702. The molecule has 20 heavy (non-hydrogen) atoms. The van der Waals surface area contributed by atoms with Crippen LogP contribution >= 0.6 is 0 Å². The van der Waals surface area contributed by atoms with E-state index in [0.717, 1.165) is 24.3 Å². The van der Waals surface area contributed by atoms with Crippen LogP contribution in [-0.2, 0) is 10.0 Å². The van der Waals surface area contributed by atoms with E-state index in [1.807, 2.05) is 10.3 Å². The molecule has 0 unspecified atom stereocenters. The molecular formula is C12H10FN3O3S. The first-order valence-electron chi connectivity index (χ1n) is 5.47. The predicted molar refractivity (Wildman–Crippen MR) is 68.4 cm³/mol. The second-order valence-electron chi connectivity index (χ2n) is 3.76. The molecule has 0 atom stereocenters. The predicted octanol–water partition coefficient (Wildman–Crippen LogP) is 0.844. The Morgan fingerprint density at radius 2 is 1.85 bits per heavy atom. The standard InChI is InChI=1S/C12H10FN3O3S/c13-10-3-5-11(6-4-10)20(18,19)16-15-12(17)9-2-1-7-14-8-9/h1-8,16H,(H,15,17). The van der Waals surface area contributed by atoms with Crippen molar-refractivity contribution in [2.24, 2.45) is 0 Å². The first kappa shape index (κ1) is 14.1. The zero-order valence-corrected chi connectivity index (χ0v) is 10.9. The average molecular weight is 295 g/mol. The van der Waals surface area contributed by atoms with Gasteiger partial charge in [-0.25, -0.2) is 12.8 Å². The monoisotopic (exact) mass is 295 g/mol. The normalized spacial score (nSPS) is 11.1. The fraction of sp³-hybridized carbons (Fsp3) is 0. The Morgan fingerprint density at radius 3 is 2.45 bits per heavy atom. The van der Waals surface area contributed by atoms with Gasteiger partial charge in [0.05, 0.1) is 10.5 Å². The van der Waals surface area contributed by atoms with Gasteiger partial charge in [0.2, 0.25) is 0 Å². The third kappa shape index (κ3) is 3.37. The molecular weight excluding hydrogens is 285 g/mol. The smallest absolute Gasteiger partial charge is 0.267 e. The van der Waals surface area contributed by atoms with E-state index in [1.165, 1.54) is 18.5 Å². The number of aromatic nitrogens is 1. The van der Waals surface area contributed by atoms with E-state index in [1.54, 1.807) is 6.07 Å². The van der Waals surface area contributed by atoms with Crippen LogP contribution in [0.2, 0.25) is 0 Å². The molecule has 0 saturated heterocycles. The van der Waals surface area contributed by atoms with Gasteiger partial charge in [-0.2, -0.15) is 0 Å². The maximum Gasteiger partial charge on any atom is 0.267 e. The molecule has 0 aliphatic heterocycles. The Labute approximate surface area is 114 Å². The molecule has 0 fully saturated rings. The summed E-state index contributed by atoms with van der Waals surface area (Å²) in [4.78, 5) is 17.1. The van der Waals surface area contributed by atoms with Gasteiger partial charge in [0.15, 0.2) is 0 Å². The highest BCUT2D eigenvalue weighted by molar-refractivity contribution is 7.89. The van der Waals surface area contributed by atoms with E-state index < -0.39 is 21.7 Å². The number of carbonyl (C=O) groups is 1. The Hall–Kier alpha value is -2.32. The van der Waals surface area contributed by atoms with Crippen molar-refractivity contribution in [3.05, 3.63) is 60.2 Å². The molecule has 0 saturated carbocycles. The second-order valence-corrected chi connectivity index (χ2v) is 5.44. The lowest BCUT2D eigenvalue weighted by Gasteiger charge is -2.08.